The molecule has 0 aromatic carbocycles. The molecule has 0 bridgehead atoms. The molecule has 0 amide bonds. The zero-order chi connectivity index (χ0) is 9.97. The Balaban J connectivity index is 2.56. The molecule has 0 fully saturated rings. The van der Waals surface area contributed by atoms with Crippen molar-refractivity contribution >= 4 is 5.82 Å². The van der Waals surface area contributed by atoms with Gasteiger partial charge in [0.2, 0.25) is 0 Å². The Bertz CT molecular complexity index is 493. The molecule has 2 rings (SSSR count). The summed E-state index contributed by atoms with van der Waals surface area (Å²) in [7, 11) is 0. The number of aromatic nitrogens is 2. The highest BCUT2D eigenvalue weighted by Gasteiger charge is 2.01. The SMILES string of the molecule is N#Cc1cccn1-c1ccnc(N)c1. The van der Waals surface area contributed by atoms with Crippen molar-refractivity contribution in [1.82, 2.24) is 9.55 Å². The highest BCUT2D eigenvalue weighted by molar-refractivity contribution is 5.44. The zero-order valence-corrected chi connectivity index (χ0v) is 7.38. The molecule has 0 aliphatic carbocycles. The summed E-state index contributed by atoms with van der Waals surface area (Å²) in [4.78, 5) is 3.89. The lowest BCUT2D eigenvalue weighted by molar-refractivity contribution is 1.04. The van der Waals surface area contributed by atoms with Crippen LogP contribution in [0.15, 0.2) is 36.7 Å². The maximum absolute atomic E-state index is 8.82. The molecule has 4 nitrogen and oxygen atoms in total. The first-order valence-electron chi connectivity index (χ1n) is 4.10. The predicted octanol–water partition coefficient (Wildman–Crippen LogP) is 1.33. The van der Waals surface area contributed by atoms with Crippen molar-refractivity contribution in [3.05, 3.63) is 42.4 Å². The number of pyridine rings is 1. The highest BCUT2D eigenvalue weighted by Crippen LogP contribution is 2.12. The van der Waals surface area contributed by atoms with Gasteiger partial charge in [-0.15, -0.1) is 0 Å². The van der Waals surface area contributed by atoms with Crippen LogP contribution in [0, 0.1) is 11.3 Å². The molecule has 0 aliphatic heterocycles. The van der Waals surface area contributed by atoms with Gasteiger partial charge in [-0.25, -0.2) is 4.98 Å². The van der Waals surface area contributed by atoms with Crippen LogP contribution in [-0.2, 0) is 0 Å². The fraction of sp³-hybridized carbons (Fsp3) is 0. The number of hydrogen-bond acceptors (Lipinski definition) is 3. The summed E-state index contributed by atoms with van der Waals surface area (Å²) in [6.07, 6.45) is 3.43. The van der Waals surface area contributed by atoms with Crippen LogP contribution in [0.4, 0.5) is 5.82 Å². The largest absolute Gasteiger partial charge is 0.384 e. The molecule has 14 heavy (non-hydrogen) atoms. The van der Waals surface area contributed by atoms with Crippen molar-refractivity contribution in [2.75, 3.05) is 5.73 Å². The fourth-order valence-corrected chi connectivity index (χ4v) is 1.28. The first-order valence-corrected chi connectivity index (χ1v) is 4.10. The van der Waals surface area contributed by atoms with Crippen molar-refractivity contribution in [2.45, 2.75) is 0 Å². The fourth-order valence-electron chi connectivity index (χ4n) is 1.28. The second kappa shape index (κ2) is 3.23. The number of nitrogens with two attached hydrogens (primary N) is 1. The first kappa shape index (κ1) is 8.32. The Morgan fingerprint density at radius 3 is 3.00 bits per heavy atom. The van der Waals surface area contributed by atoms with Crippen LogP contribution in [-0.4, -0.2) is 9.55 Å². The summed E-state index contributed by atoms with van der Waals surface area (Å²) in [6, 6.07) is 9.18. The Morgan fingerprint density at radius 1 is 1.43 bits per heavy atom. The summed E-state index contributed by atoms with van der Waals surface area (Å²) in [5.41, 5.74) is 6.97. The molecule has 4 heteroatoms. The van der Waals surface area contributed by atoms with Crippen LogP contribution in [0.5, 0.6) is 0 Å². The van der Waals surface area contributed by atoms with Crippen LogP contribution in [0.25, 0.3) is 5.69 Å². The molecule has 0 aliphatic rings. The van der Waals surface area contributed by atoms with Crippen molar-refractivity contribution in [3.63, 3.8) is 0 Å². The summed E-state index contributed by atoms with van der Waals surface area (Å²) >= 11 is 0. The minimum Gasteiger partial charge on any atom is -0.384 e. The van der Waals surface area contributed by atoms with Gasteiger partial charge in [0, 0.05) is 18.5 Å². The number of nitrogen functional groups attached to an aromatic ring is 1. The minimum absolute atomic E-state index is 0.445. The lowest BCUT2D eigenvalue weighted by Crippen LogP contribution is -1.97. The second-order valence-electron chi connectivity index (χ2n) is 2.81. The molecule has 0 atom stereocenters. The van der Waals surface area contributed by atoms with Gasteiger partial charge in [0.15, 0.2) is 0 Å². The molecule has 2 aromatic rings. The summed E-state index contributed by atoms with van der Waals surface area (Å²) < 4.78 is 1.76. The van der Waals surface area contributed by atoms with Gasteiger partial charge in [0.25, 0.3) is 0 Å². The van der Waals surface area contributed by atoms with Gasteiger partial charge in [0.1, 0.15) is 17.6 Å². The Hall–Kier alpha value is -2.28. The molecule has 0 unspecified atom stereocenters. The number of nitrogens with zero attached hydrogens (tertiary/aromatic N) is 3. The van der Waals surface area contributed by atoms with Gasteiger partial charge < -0.3 is 10.3 Å². The molecule has 0 spiro atoms. The van der Waals surface area contributed by atoms with Crippen molar-refractivity contribution < 1.29 is 0 Å². The summed E-state index contributed by atoms with van der Waals surface area (Å²) in [6.45, 7) is 0. The Morgan fingerprint density at radius 2 is 2.29 bits per heavy atom. The molecule has 2 heterocycles. The quantitative estimate of drug-likeness (QED) is 0.726. The minimum atomic E-state index is 0.445. The van der Waals surface area contributed by atoms with E-state index in [1.807, 2.05) is 12.3 Å². The van der Waals surface area contributed by atoms with Gasteiger partial charge in [-0.2, -0.15) is 5.26 Å². The third-order valence-corrected chi connectivity index (χ3v) is 1.91. The zero-order valence-electron chi connectivity index (χ0n) is 7.38. The van der Waals surface area contributed by atoms with Gasteiger partial charge in [-0.3, -0.25) is 0 Å². The third-order valence-electron chi connectivity index (χ3n) is 1.91. The van der Waals surface area contributed by atoms with E-state index < -0.39 is 0 Å². The Labute approximate surface area is 81.2 Å². The number of rotatable bonds is 1. The maximum Gasteiger partial charge on any atom is 0.125 e. The van der Waals surface area contributed by atoms with Gasteiger partial charge in [-0.05, 0) is 18.2 Å². The Kier molecular flexibility index (Phi) is 1.92. The van der Waals surface area contributed by atoms with E-state index in [1.54, 1.807) is 29.0 Å². The topological polar surface area (TPSA) is 67.6 Å². The van der Waals surface area contributed by atoms with E-state index >= 15 is 0 Å². The van der Waals surface area contributed by atoms with E-state index in [9.17, 15) is 0 Å². The molecular formula is C10H8N4. The average Bonchev–Trinajstić information content (AvgIpc) is 2.65. The van der Waals surface area contributed by atoms with E-state index in [-0.39, 0.29) is 0 Å². The number of nitriles is 1. The molecule has 68 valence electrons. The lowest BCUT2D eigenvalue weighted by Gasteiger charge is -2.04. The van der Waals surface area contributed by atoms with Gasteiger partial charge in [-0.1, -0.05) is 0 Å². The lowest BCUT2D eigenvalue weighted by atomic mass is 10.3. The highest BCUT2D eigenvalue weighted by atomic mass is 15.0. The van der Waals surface area contributed by atoms with Crippen molar-refractivity contribution in [1.29, 1.82) is 5.26 Å². The van der Waals surface area contributed by atoms with Crippen molar-refractivity contribution in [2.24, 2.45) is 0 Å². The molecule has 2 N–H and O–H groups in total. The molecule has 0 saturated carbocycles. The average molecular weight is 184 g/mol. The summed E-state index contributed by atoms with van der Waals surface area (Å²) in [5.74, 6) is 0.445. The van der Waals surface area contributed by atoms with Crippen LogP contribution in [0.3, 0.4) is 0 Å². The normalized spacial score (nSPS) is 9.64. The van der Waals surface area contributed by atoms with Gasteiger partial charge in [0.05, 0.1) is 5.69 Å². The van der Waals surface area contributed by atoms with Crippen LogP contribution in [0.1, 0.15) is 5.69 Å². The molecular weight excluding hydrogens is 176 g/mol. The molecule has 2 aromatic heterocycles. The van der Waals surface area contributed by atoms with Crippen LogP contribution < -0.4 is 5.73 Å². The van der Waals surface area contributed by atoms with Gasteiger partial charge >= 0.3 is 0 Å². The van der Waals surface area contributed by atoms with E-state index in [0.717, 1.165) is 5.69 Å². The number of anilines is 1. The summed E-state index contributed by atoms with van der Waals surface area (Å²) in [5, 5.41) is 8.82. The number of hydrogen-bond donors (Lipinski definition) is 1. The second-order valence-corrected chi connectivity index (χ2v) is 2.81. The van der Waals surface area contributed by atoms with Crippen LogP contribution >= 0.6 is 0 Å². The van der Waals surface area contributed by atoms with E-state index in [4.69, 9.17) is 11.0 Å². The van der Waals surface area contributed by atoms with E-state index in [2.05, 4.69) is 11.1 Å². The first-order chi connectivity index (χ1) is 6.81. The smallest absolute Gasteiger partial charge is 0.125 e. The van der Waals surface area contributed by atoms with E-state index in [0.29, 0.717) is 11.5 Å². The van der Waals surface area contributed by atoms with E-state index in [1.165, 1.54) is 0 Å². The van der Waals surface area contributed by atoms with Crippen molar-refractivity contribution in [3.8, 4) is 11.8 Å². The predicted molar refractivity (Wildman–Crippen MR) is 52.7 cm³/mol. The standard InChI is InChI=1S/C10H8N4/c11-7-9-2-1-5-14(9)8-3-4-13-10(12)6-8/h1-6H,(H2,12,13). The maximum atomic E-state index is 8.82. The molecule has 0 radical (unpaired) electrons. The third kappa shape index (κ3) is 1.31. The van der Waals surface area contributed by atoms with Crippen LogP contribution in [0.2, 0.25) is 0 Å². The molecule has 0 saturated heterocycles. The monoisotopic (exact) mass is 184 g/mol.